The van der Waals surface area contributed by atoms with Gasteiger partial charge in [-0.25, -0.2) is 0 Å². The first-order valence-electron chi connectivity index (χ1n) is 6.85. The lowest BCUT2D eigenvalue weighted by Gasteiger charge is -2.18. The molecule has 0 unspecified atom stereocenters. The Balaban J connectivity index is 1.65. The van der Waals surface area contributed by atoms with Crippen LogP contribution in [0, 0.1) is 0 Å². The highest BCUT2D eigenvalue weighted by molar-refractivity contribution is 8.03. The summed E-state index contributed by atoms with van der Waals surface area (Å²) in [5.41, 5.74) is 0. The minimum absolute atomic E-state index is 0.757. The molecule has 0 heterocycles. The van der Waals surface area contributed by atoms with Crippen molar-refractivity contribution in [2.75, 3.05) is 0 Å². The van der Waals surface area contributed by atoms with Crippen molar-refractivity contribution in [1.82, 2.24) is 0 Å². The number of rotatable bonds is 4. The molecule has 19 heavy (non-hydrogen) atoms. The Labute approximate surface area is 124 Å². The van der Waals surface area contributed by atoms with Crippen molar-refractivity contribution >= 4 is 23.5 Å². The lowest BCUT2D eigenvalue weighted by molar-refractivity contribution is 0.890. The molecule has 2 atom stereocenters. The highest BCUT2D eigenvalue weighted by atomic mass is 32.2. The molecule has 1 aliphatic carbocycles. The van der Waals surface area contributed by atoms with E-state index in [0.29, 0.717) is 0 Å². The third kappa shape index (κ3) is 3.58. The zero-order chi connectivity index (χ0) is 12.9. The molecule has 0 spiro atoms. The van der Waals surface area contributed by atoms with Crippen molar-refractivity contribution in [1.29, 1.82) is 0 Å². The van der Waals surface area contributed by atoms with Gasteiger partial charge >= 0.3 is 0 Å². The van der Waals surface area contributed by atoms with Crippen LogP contribution in [0.3, 0.4) is 0 Å². The first kappa shape index (κ1) is 13.1. The highest BCUT2D eigenvalue weighted by Gasteiger charge is 2.28. The Morgan fingerprint density at radius 1 is 0.632 bits per heavy atom. The maximum absolute atomic E-state index is 2.23. The van der Waals surface area contributed by atoms with Crippen LogP contribution in [0.5, 0.6) is 0 Å². The van der Waals surface area contributed by atoms with Crippen LogP contribution in [0.2, 0.25) is 0 Å². The first-order chi connectivity index (χ1) is 9.42. The number of hydrogen-bond acceptors (Lipinski definition) is 2. The molecule has 2 aromatic carbocycles. The fraction of sp³-hybridized carbons (Fsp3) is 0.294. The predicted octanol–water partition coefficient (Wildman–Crippen LogP) is 5.49. The zero-order valence-corrected chi connectivity index (χ0v) is 12.5. The van der Waals surface area contributed by atoms with Crippen molar-refractivity contribution in [2.24, 2.45) is 0 Å². The third-order valence-electron chi connectivity index (χ3n) is 3.45. The van der Waals surface area contributed by atoms with Gasteiger partial charge in [-0.1, -0.05) is 42.8 Å². The van der Waals surface area contributed by atoms with Crippen LogP contribution < -0.4 is 0 Å². The summed E-state index contributed by atoms with van der Waals surface area (Å²) in [5, 5.41) is 1.51. The van der Waals surface area contributed by atoms with Crippen molar-refractivity contribution in [3.05, 3.63) is 60.7 Å². The molecule has 0 radical (unpaired) electrons. The predicted molar refractivity (Wildman–Crippen MR) is 86.0 cm³/mol. The van der Waals surface area contributed by atoms with E-state index < -0.39 is 0 Å². The van der Waals surface area contributed by atoms with Gasteiger partial charge in [0.05, 0.1) is 0 Å². The molecule has 3 rings (SSSR count). The second-order valence-electron chi connectivity index (χ2n) is 4.87. The second kappa shape index (κ2) is 6.53. The van der Waals surface area contributed by atoms with Crippen LogP contribution in [-0.4, -0.2) is 10.5 Å². The van der Waals surface area contributed by atoms with E-state index in [-0.39, 0.29) is 0 Å². The van der Waals surface area contributed by atoms with Crippen LogP contribution in [0.1, 0.15) is 19.3 Å². The van der Waals surface area contributed by atoms with Gasteiger partial charge in [-0.3, -0.25) is 0 Å². The summed E-state index contributed by atoms with van der Waals surface area (Å²) in [6.07, 6.45) is 4.07. The molecule has 0 bridgehead atoms. The van der Waals surface area contributed by atoms with Gasteiger partial charge in [0, 0.05) is 20.3 Å². The summed E-state index contributed by atoms with van der Waals surface area (Å²) in [6, 6.07) is 21.6. The molecule has 0 nitrogen and oxygen atoms in total. The largest absolute Gasteiger partial charge is 0.122 e. The Bertz CT molecular complexity index is 448. The zero-order valence-electron chi connectivity index (χ0n) is 10.9. The van der Waals surface area contributed by atoms with E-state index in [2.05, 4.69) is 84.2 Å². The molecular formula is C17H18S2. The normalized spacial score (nSPS) is 22.5. The summed E-state index contributed by atoms with van der Waals surface area (Å²) < 4.78 is 0. The summed E-state index contributed by atoms with van der Waals surface area (Å²) in [6.45, 7) is 0. The molecule has 98 valence electrons. The number of hydrogen-bond donors (Lipinski definition) is 0. The van der Waals surface area contributed by atoms with Crippen molar-refractivity contribution in [2.45, 2.75) is 39.6 Å². The van der Waals surface area contributed by atoms with Gasteiger partial charge in [0.2, 0.25) is 0 Å². The molecule has 1 fully saturated rings. The molecule has 0 saturated heterocycles. The van der Waals surface area contributed by atoms with Crippen LogP contribution in [0.4, 0.5) is 0 Å². The minimum Gasteiger partial charge on any atom is -0.122 e. The third-order valence-corrected chi connectivity index (χ3v) is 6.45. The van der Waals surface area contributed by atoms with Gasteiger partial charge in [0.1, 0.15) is 0 Å². The maximum atomic E-state index is 2.23. The van der Waals surface area contributed by atoms with Crippen molar-refractivity contribution in [3.8, 4) is 0 Å². The fourth-order valence-corrected chi connectivity index (χ4v) is 5.32. The number of benzene rings is 2. The maximum Gasteiger partial charge on any atom is 0.0217 e. The van der Waals surface area contributed by atoms with Crippen LogP contribution in [-0.2, 0) is 0 Å². The molecule has 1 saturated carbocycles. The lowest BCUT2D eigenvalue weighted by Crippen LogP contribution is -2.11. The number of thioether (sulfide) groups is 2. The van der Waals surface area contributed by atoms with E-state index in [1.165, 1.54) is 29.1 Å². The Morgan fingerprint density at radius 3 is 1.47 bits per heavy atom. The smallest absolute Gasteiger partial charge is 0.0217 e. The van der Waals surface area contributed by atoms with Crippen LogP contribution in [0.15, 0.2) is 70.5 Å². The van der Waals surface area contributed by atoms with Crippen LogP contribution >= 0.6 is 23.5 Å². The molecule has 2 aromatic rings. The summed E-state index contributed by atoms with van der Waals surface area (Å²) in [4.78, 5) is 2.82. The van der Waals surface area contributed by atoms with E-state index in [9.17, 15) is 0 Å². The van der Waals surface area contributed by atoms with Gasteiger partial charge in [-0.05, 0) is 37.1 Å². The quantitative estimate of drug-likeness (QED) is 0.728. The van der Waals surface area contributed by atoms with E-state index in [1.807, 2.05) is 0 Å². The molecule has 2 heteroatoms. The van der Waals surface area contributed by atoms with E-state index in [1.54, 1.807) is 0 Å². The van der Waals surface area contributed by atoms with Crippen molar-refractivity contribution < 1.29 is 0 Å². The van der Waals surface area contributed by atoms with E-state index in [4.69, 9.17) is 0 Å². The lowest BCUT2D eigenvalue weighted by atomic mass is 10.3. The average Bonchev–Trinajstić information content (AvgIpc) is 2.88. The Morgan fingerprint density at radius 2 is 1.05 bits per heavy atom. The van der Waals surface area contributed by atoms with E-state index in [0.717, 1.165) is 10.5 Å². The van der Waals surface area contributed by atoms with Gasteiger partial charge < -0.3 is 0 Å². The van der Waals surface area contributed by atoms with Gasteiger partial charge in [0.25, 0.3) is 0 Å². The SMILES string of the molecule is c1ccc(S[C@@H]2CCC[C@H]2Sc2ccccc2)cc1. The average molecular weight is 286 g/mol. The van der Waals surface area contributed by atoms with Gasteiger partial charge in [0.15, 0.2) is 0 Å². The second-order valence-corrected chi connectivity index (χ2v) is 7.49. The molecule has 0 N–H and O–H groups in total. The molecule has 0 aliphatic heterocycles. The standard InChI is InChI=1S/C17H18S2/c1-3-8-14(9-4-1)18-16-12-7-13-17(16)19-15-10-5-2-6-11-15/h1-6,8-11,16-17H,7,12-13H2/t16-,17-/m1/s1. The summed E-state index contributed by atoms with van der Waals surface area (Å²) in [7, 11) is 0. The van der Waals surface area contributed by atoms with Crippen molar-refractivity contribution in [3.63, 3.8) is 0 Å². The van der Waals surface area contributed by atoms with E-state index >= 15 is 0 Å². The Hall–Kier alpha value is -0.860. The highest BCUT2D eigenvalue weighted by Crippen LogP contribution is 2.43. The molecule has 0 aromatic heterocycles. The topological polar surface area (TPSA) is 0 Å². The molecular weight excluding hydrogens is 268 g/mol. The molecule has 0 amide bonds. The Kier molecular flexibility index (Phi) is 4.52. The van der Waals surface area contributed by atoms with Gasteiger partial charge in [-0.15, -0.1) is 23.5 Å². The monoisotopic (exact) mass is 286 g/mol. The summed E-state index contributed by atoms with van der Waals surface area (Å²) in [5.74, 6) is 0. The summed E-state index contributed by atoms with van der Waals surface area (Å²) >= 11 is 4.12. The fourth-order valence-electron chi connectivity index (χ4n) is 2.51. The first-order valence-corrected chi connectivity index (χ1v) is 8.61. The minimum atomic E-state index is 0.757. The van der Waals surface area contributed by atoms with Crippen LogP contribution in [0.25, 0.3) is 0 Å². The molecule has 1 aliphatic rings. The van der Waals surface area contributed by atoms with Gasteiger partial charge in [-0.2, -0.15) is 0 Å².